The van der Waals surface area contributed by atoms with E-state index in [1.54, 1.807) is 18.9 Å². The van der Waals surface area contributed by atoms with Crippen molar-refractivity contribution in [3.05, 3.63) is 35.5 Å². The first-order chi connectivity index (χ1) is 17.0. The Morgan fingerprint density at radius 3 is 2.57 bits per heavy atom. The summed E-state index contributed by atoms with van der Waals surface area (Å²) in [5.74, 6) is 0.906. The van der Waals surface area contributed by atoms with Gasteiger partial charge in [-0.05, 0) is 51.0 Å². The van der Waals surface area contributed by atoms with Gasteiger partial charge in [-0.15, -0.1) is 0 Å². The van der Waals surface area contributed by atoms with Crippen LogP contribution < -0.4 is 4.74 Å². The Hall–Kier alpha value is -3.07. The highest BCUT2D eigenvalue weighted by molar-refractivity contribution is 5.74. The van der Waals surface area contributed by atoms with Crippen molar-refractivity contribution in [1.82, 2.24) is 10.1 Å². The average molecular weight is 487 g/mol. The van der Waals surface area contributed by atoms with E-state index in [1.165, 1.54) is 0 Å². The van der Waals surface area contributed by atoms with E-state index in [0.717, 1.165) is 36.8 Å². The molecule has 9 nitrogen and oxygen atoms in total. The fraction of sp³-hybridized carbons (Fsp3) is 0.577. The van der Waals surface area contributed by atoms with Crippen LogP contribution in [0.1, 0.15) is 56.7 Å². The van der Waals surface area contributed by atoms with Crippen LogP contribution in [0.3, 0.4) is 0 Å². The maximum absolute atomic E-state index is 12.5. The van der Waals surface area contributed by atoms with Crippen molar-refractivity contribution in [2.24, 2.45) is 0 Å². The van der Waals surface area contributed by atoms with Gasteiger partial charge in [0.25, 0.3) is 0 Å². The molecule has 190 valence electrons. The van der Waals surface area contributed by atoms with Gasteiger partial charge >= 0.3 is 12.1 Å². The molecule has 35 heavy (non-hydrogen) atoms. The van der Waals surface area contributed by atoms with Gasteiger partial charge in [-0.1, -0.05) is 18.0 Å². The summed E-state index contributed by atoms with van der Waals surface area (Å²) in [6.07, 6.45) is 4.44. The van der Waals surface area contributed by atoms with Crippen molar-refractivity contribution >= 4 is 12.1 Å². The highest BCUT2D eigenvalue weighted by Gasteiger charge is 2.30. The number of amides is 1. The lowest BCUT2D eigenvalue weighted by Gasteiger charge is -2.28. The molecule has 2 aromatic rings. The Morgan fingerprint density at radius 2 is 1.86 bits per heavy atom. The monoisotopic (exact) mass is 486 g/mol. The minimum Gasteiger partial charge on any atom is -0.490 e. The number of nitrogens with zero attached hydrogens (tertiary/aromatic N) is 2. The lowest BCUT2D eigenvalue weighted by molar-refractivity contribution is -0.162. The zero-order chi connectivity index (χ0) is 24.8. The maximum atomic E-state index is 12.5. The van der Waals surface area contributed by atoms with Gasteiger partial charge in [0.1, 0.15) is 18.5 Å². The van der Waals surface area contributed by atoms with Gasteiger partial charge in [0.05, 0.1) is 24.5 Å². The molecule has 1 aliphatic carbocycles. The average Bonchev–Trinajstić information content (AvgIpc) is 3.53. The van der Waals surface area contributed by atoms with Crippen molar-refractivity contribution < 1.29 is 33.1 Å². The number of carbonyl (C=O) groups is 2. The molecule has 2 atom stereocenters. The van der Waals surface area contributed by atoms with E-state index in [9.17, 15) is 9.59 Å². The molecule has 1 saturated carbocycles. The van der Waals surface area contributed by atoms with E-state index in [1.807, 2.05) is 31.2 Å². The van der Waals surface area contributed by atoms with Gasteiger partial charge in [0.2, 0.25) is 0 Å². The number of ether oxygens (including phenoxy) is 4. The topological polar surface area (TPSA) is 100 Å². The van der Waals surface area contributed by atoms with Crippen molar-refractivity contribution in [3.63, 3.8) is 0 Å². The first kappa shape index (κ1) is 25.0. The minimum atomic E-state index is -0.594. The van der Waals surface area contributed by atoms with Crippen LogP contribution in [0.4, 0.5) is 4.79 Å². The Morgan fingerprint density at radius 1 is 1.11 bits per heavy atom. The third kappa shape index (κ3) is 6.14. The van der Waals surface area contributed by atoms with Crippen molar-refractivity contribution in [2.45, 2.75) is 77.2 Å². The molecule has 0 N–H and O–H groups in total. The third-order valence-electron chi connectivity index (χ3n) is 6.69. The summed E-state index contributed by atoms with van der Waals surface area (Å²) in [5.41, 5.74) is 2.24. The molecule has 2 unspecified atom stereocenters. The van der Waals surface area contributed by atoms with Crippen molar-refractivity contribution in [3.8, 4) is 17.1 Å². The molecule has 1 aromatic carbocycles. The van der Waals surface area contributed by atoms with Gasteiger partial charge in [-0.25, -0.2) is 9.59 Å². The zero-order valence-corrected chi connectivity index (χ0v) is 20.7. The van der Waals surface area contributed by atoms with E-state index in [2.05, 4.69) is 5.16 Å². The van der Waals surface area contributed by atoms with Gasteiger partial charge in [0, 0.05) is 31.5 Å². The van der Waals surface area contributed by atoms with E-state index in [0.29, 0.717) is 43.3 Å². The quantitative estimate of drug-likeness (QED) is 0.497. The fourth-order valence-corrected chi connectivity index (χ4v) is 4.61. The van der Waals surface area contributed by atoms with E-state index < -0.39 is 6.10 Å². The van der Waals surface area contributed by atoms with E-state index >= 15 is 0 Å². The first-order valence-electron chi connectivity index (χ1n) is 12.4. The molecule has 0 spiro atoms. The summed E-state index contributed by atoms with van der Waals surface area (Å²) in [6, 6.07) is 7.72. The fourth-order valence-electron chi connectivity index (χ4n) is 4.61. The molecule has 1 aromatic heterocycles. The minimum absolute atomic E-state index is 0.0934. The summed E-state index contributed by atoms with van der Waals surface area (Å²) in [6.45, 7) is 4.47. The van der Waals surface area contributed by atoms with Crippen LogP contribution in [0.2, 0.25) is 0 Å². The second kappa shape index (κ2) is 11.6. The van der Waals surface area contributed by atoms with Gasteiger partial charge < -0.3 is 28.4 Å². The van der Waals surface area contributed by atoms with E-state index in [-0.39, 0.29) is 30.8 Å². The summed E-state index contributed by atoms with van der Waals surface area (Å²) in [4.78, 5) is 26.2. The van der Waals surface area contributed by atoms with Crippen LogP contribution in [0.5, 0.6) is 5.75 Å². The van der Waals surface area contributed by atoms with Gasteiger partial charge in [-0.3, -0.25) is 0 Å². The van der Waals surface area contributed by atoms with Crippen LogP contribution in [-0.4, -0.2) is 60.6 Å². The van der Waals surface area contributed by atoms with Crippen LogP contribution >= 0.6 is 0 Å². The summed E-state index contributed by atoms with van der Waals surface area (Å²) in [7, 11) is 1.80. The molecule has 1 saturated heterocycles. The van der Waals surface area contributed by atoms with Gasteiger partial charge in [-0.2, -0.15) is 0 Å². The number of aromatic nitrogens is 1. The smallest absolute Gasteiger partial charge is 0.410 e. The SMILES string of the molecule is CCOC(=O)C1CC(Oc2ccc(-c3onc(C)c3COC(=O)N(C)C3CCCC3)cc2)CCO1. The van der Waals surface area contributed by atoms with Crippen LogP contribution in [-0.2, 0) is 25.6 Å². The normalized spacial score (nSPS) is 20.4. The van der Waals surface area contributed by atoms with Crippen molar-refractivity contribution in [1.29, 1.82) is 0 Å². The largest absolute Gasteiger partial charge is 0.490 e. The predicted molar refractivity (Wildman–Crippen MR) is 127 cm³/mol. The molecule has 2 fully saturated rings. The van der Waals surface area contributed by atoms with E-state index in [4.69, 9.17) is 23.5 Å². The standard InChI is InChI=1S/C26H34N2O7/c1-4-31-25(29)23-15-21(13-14-32-23)34-20-11-9-18(10-12-20)24-22(17(2)27-35-24)16-33-26(30)28(3)19-7-5-6-8-19/h9-12,19,21,23H,4-8,13-16H2,1-3H3. The summed E-state index contributed by atoms with van der Waals surface area (Å²) >= 11 is 0. The highest BCUT2D eigenvalue weighted by Crippen LogP contribution is 2.30. The number of esters is 1. The van der Waals surface area contributed by atoms with Crippen LogP contribution in [0, 0.1) is 6.92 Å². The molecule has 2 aliphatic rings. The third-order valence-corrected chi connectivity index (χ3v) is 6.69. The molecule has 0 bridgehead atoms. The Kier molecular flexibility index (Phi) is 8.28. The second-order valence-corrected chi connectivity index (χ2v) is 9.08. The predicted octanol–water partition coefficient (Wildman–Crippen LogP) is 4.65. The Labute approximate surface area is 205 Å². The molecule has 1 amide bonds. The molecular weight excluding hydrogens is 452 g/mol. The number of hydrogen-bond donors (Lipinski definition) is 0. The number of benzene rings is 1. The summed E-state index contributed by atoms with van der Waals surface area (Å²) < 4.78 is 27.8. The molecule has 1 aliphatic heterocycles. The Balaban J connectivity index is 1.36. The highest BCUT2D eigenvalue weighted by atomic mass is 16.6. The first-order valence-corrected chi connectivity index (χ1v) is 12.4. The Bertz CT molecular complexity index is 998. The molecular formula is C26H34N2O7. The summed E-state index contributed by atoms with van der Waals surface area (Å²) in [5, 5.41) is 4.08. The van der Waals surface area contributed by atoms with Gasteiger partial charge in [0.15, 0.2) is 11.9 Å². The lowest BCUT2D eigenvalue weighted by atomic mass is 10.1. The molecule has 9 heteroatoms. The molecule has 4 rings (SSSR count). The van der Waals surface area contributed by atoms with Crippen LogP contribution in [0.25, 0.3) is 11.3 Å². The zero-order valence-electron chi connectivity index (χ0n) is 20.7. The number of aryl methyl sites for hydroxylation is 1. The van der Waals surface area contributed by atoms with Crippen molar-refractivity contribution in [2.75, 3.05) is 20.3 Å². The number of hydrogen-bond acceptors (Lipinski definition) is 8. The number of rotatable bonds is 8. The lowest BCUT2D eigenvalue weighted by Crippen LogP contribution is -2.38. The van der Waals surface area contributed by atoms with Crippen LogP contribution in [0.15, 0.2) is 28.8 Å². The molecule has 2 heterocycles. The number of carbonyl (C=O) groups excluding carboxylic acids is 2. The second-order valence-electron chi connectivity index (χ2n) is 9.08. The molecule has 0 radical (unpaired) electrons. The maximum Gasteiger partial charge on any atom is 0.410 e.